The minimum absolute atomic E-state index is 0.457. The molecular formula is C16H11ClN2O2. The first kappa shape index (κ1) is 13.4. The molecule has 0 bridgehead atoms. The maximum atomic E-state index is 11.1. The van der Waals surface area contributed by atoms with Crippen LogP contribution in [0.15, 0.2) is 46.9 Å². The Bertz CT molecular complexity index is 852. The number of rotatable bonds is 3. The van der Waals surface area contributed by atoms with Gasteiger partial charge in [-0.3, -0.25) is 4.79 Å². The Morgan fingerprint density at radius 1 is 1.19 bits per heavy atom. The van der Waals surface area contributed by atoms with Crippen LogP contribution in [0.4, 0.5) is 0 Å². The van der Waals surface area contributed by atoms with Crippen molar-refractivity contribution in [2.45, 2.75) is 0 Å². The summed E-state index contributed by atoms with van der Waals surface area (Å²) >= 11 is 5.90. The summed E-state index contributed by atoms with van der Waals surface area (Å²) in [5.41, 5.74) is 7.92. The number of fused-ring (bicyclic) bond motifs is 1. The molecule has 0 unspecified atom stereocenters. The van der Waals surface area contributed by atoms with Gasteiger partial charge in [-0.05, 0) is 42.0 Å². The molecule has 0 atom stereocenters. The van der Waals surface area contributed by atoms with E-state index in [1.807, 2.05) is 6.07 Å². The Labute approximate surface area is 125 Å². The highest BCUT2D eigenvalue weighted by Gasteiger charge is 2.04. The van der Waals surface area contributed by atoms with Crippen molar-refractivity contribution in [3.63, 3.8) is 0 Å². The van der Waals surface area contributed by atoms with Crippen molar-refractivity contribution in [3.8, 4) is 0 Å². The fourth-order valence-corrected chi connectivity index (χ4v) is 2.12. The molecule has 0 fully saturated rings. The maximum Gasteiger partial charge on any atom is 0.248 e. The van der Waals surface area contributed by atoms with E-state index in [1.54, 1.807) is 48.6 Å². The lowest BCUT2D eigenvalue weighted by atomic mass is 10.1. The van der Waals surface area contributed by atoms with Gasteiger partial charge in [-0.1, -0.05) is 23.7 Å². The molecule has 0 spiro atoms. The molecule has 0 saturated carbocycles. The Hall–Kier alpha value is -2.59. The van der Waals surface area contributed by atoms with E-state index in [-0.39, 0.29) is 0 Å². The van der Waals surface area contributed by atoms with Crippen LogP contribution in [-0.4, -0.2) is 10.9 Å². The van der Waals surface area contributed by atoms with E-state index < -0.39 is 5.91 Å². The lowest BCUT2D eigenvalue weighted by Gasteiger charge is -1.96. The van der Waals surface area contributed by atoms with Gasteiger partial charge in [0.25, 0.3) is 0 Å². The molecule has 0 aliphatic heterocycles. The molecule has 1 amide bonds. The van der Waals surface area contributed by atoms with Crippen LogP contribution in [0.3, 0.4) is 0 Å². The predicted octanol–water partition coefficient (Wildman–Crippen LogP) is 3.75. The number of halogens is 1. The highest BCUT2D eigenvalue weighted by atomic mass is 35.5. The summed E-state index contributed by atoms with van der Waals surface area (Å²) in [6, 6.07) is 12.3. The second-order valence-corrected chi connectivity index (χ2v) is 4.92. The summed E-state index contributed by atoms with van der Waals surface area (Å²) in [5.74, 6) is 0.0125. The summed E-state index contributed by atoms with van der Waals surface area (Å²) < 4.78 is 5.57. The average Bonchev–Trinajstić information content (AvgIpc) is 2.87. The first-order valence-electron chi connectivity index (χ1n) is 6.26. The van der Waals surface area contributed by atoms with Crippen molar-refractivity contribution < 1.29 is 9.21 Å². The molecule has 0 aliphatic carbocycles. The molecule has 3 aromatic rings. The van der Waals surface area contributed by atoms with E-state index in [1.165, 1.54) is 0 Å². The first-order valence-corrected chi connectivity index (χ1v) is 6.64. The molecule has 1 heterocycles. The van der Waals surface area contributed by atoms with Gasteiger partial charge in [0.15, 0.2) is 5.58 Å². The van der Waals surface area contributed by atoms with Crippen LogP contribution in [0.2, 0.25) is 5.02 Å². The average molecular weight is 299 g/mol. The molecule has 4 nitrogen and oxygen atoms in total. The highest BCUT2D eigenvalue weighted by molar-refractivity contribution is 6.31. The second-order valence-electron chi connectivity index (χ2n) is 4.49. The zero-order valence-corrected chi connectivity index (χ0v) is 11.7. The summed E-state index contributed by atoms with van der Waals surface area (Å²) in [6.45, 7) is 0. The van der Waals surface area contributed by atoms with Gasteiger partial charge in [-0.25, -0.2) is 4.98 Å². The SMILES string of the molecule is NC(=O)c1cccc(C=Cc2nc3cc(Cl)ccc3o2)c1. The van der Waals surface area contributed by atoms with Crippen LogP contribution in [0, 0.1) is 0 Å². The van der Waals surface area contributed by atoms with Crippen molar-refractivity contribution in [2.75, 3.05) is 0 Å². The van der Waals surface area contributed by atoms with Gasteiger partial charge in [0.1, 0.15) is 5.52 Å². The Kier molecular flexibility index (Phi) is 3.46. The van der Waals surface area contributed by atoms with Gasteiger partial charge in [-0.2, -0.15) is 0 Å². The number of nitrogens with zero attached hydrogens (tertiary/aromatic N) is 1. The van der Waals surface area contributed by atoms with Gasteiger partial charge < -0.3 is 10.2 Å². The van der Waals surface area contributed by atoms with Crippen LogP contribution in [0.25, 0.3) is 23.3 Å². The molecule has 5 heteroatoms. The summed E-state index contributed by atoms with van der Waals surface area (Å²) in [5, 5.41) is 0.612. The number of primary amides is 1. The van der Waals surface area contributed by atoms with Crippen LogP contribution in [0.5, 0.6) is 0 Å². The fourth-order valence-electron chi connectivity index (χ4n) is 1.95. The van der Waals surface area contributed by atoms with Crippen LogP contribution in [0.1, 0.15) is 21.8 Å². The van der Waals surface area contributed by atoms with E-state index >= 15 is 0 Å². The minimum Gasteiger partial charge on any atom is -0.437 e. The molecular weight excluding hydrogens is 288 g/mol. The molecule has 0 radical (unpaired) electrons. The Morgan fingerprint density at radius 2 is 2.05 bits per heavy atom. The lowest BCUT2D eigenvalue weighted by Crippen LogP contribution is -2.10. The van der Waals surface area contributed by atoms with Gasteiger partial charge in [0.05, 0.1) is 0 Å². The number of amides is 1. The van der Waals surface area contributed by atoms with Crippen molar-refractivity contribution in [1.82, 2.24) is 4.98 Å². The minimum atomic E-state index is -0.457. The molecule has 0 saturated heterocycles. The largest absolute Gasteiger partial charge is 0.437 e. The van der Waals surface area contributed by atoms with Crippen molar-refractivity contribution in [1.29, 1.82) is 0 Å². The number of benzene rings is 2. The van der Waals surface area contributed by atoms with Crippen molar-refractivity contribution in [3.05, 3.63) is 64.5 Å². The van der Waals surface area contributed by atoms with E-state index in [4.69, 9.17) is 21.8 Å². The van der Waals surface area contributed by atoms with Crippen LogP contribution < -0.4 is 5.73 Å². The number of carbonyl (C=O) groups is 1. The number of aromatic nitrogens is 1. The van der Waals surface area contributed by atoms with Crippen molar-refractivity contribution in [2.24, 2.45) is 5.73 Å². The van der Waals surface area contributed by atoms with E-state index in [0.29, 0.717) is 27.6 Å². The third-order valence-corrected chi connectivity index (χ3v) is 3.19. The quantitative estimate of drug-likeness (QED) is 0.800. The third kappa shape index (κ3) is 2.95. The third-order valence-electron chi connectivity index (χ3n) is 2.96. The fraction of sp³-hybridized carbons (Fsp3) is 0. The van der Waals surface area contributed by atoms with Gasteiger partial charge in [0.2, 0.25) is 11.8 Å². The number of nitrogens with two attached hydrogens (primary N) is 1. The summed E-state index contributed by atoms with van der Waals surface area (Å²) in [4.78, 5) is 15.4. The summed E-state index contributed by atoms with van der Waals surface area (Å²) in [7, 11) is 0. The number of oxazole rings is 1. The number of hydrogen-bond donors (Lipinski definition) is 1. The van der Waals surface area contributed by atoms with E-state index in [2.05, 4.69) is 4.98 Å². The standard InChI is InChI=1S/C16H11ClN2O2/c17-12-5-6-14-13(9-12)19-15(21-14)7-4-10-2-1-3-11(8-10)16(18)20/h1-9H,(H2,18,20). The highest BCUT2D eigenvalue weighted by Crippen LogP contribution is 2.21. The second kappa shape index (κ2) is 5.42. The lowest BCUT2D eigenvalue weighted by molar-refractivity contribution is 0.100. The zero-order chi connectivity index (χ0) is 14.8. The van der Waals surface area contributed by atoms with E-state index in [0.717, 1.165) is 5.56 Å². The van der Waals surface area contributed by atoms with Gasteiger partial charge in [0, 0.05) is 16.7 Å². The Morgan fingerprint density at radius 3 is 2.86 bits per heavy atom. The van der Waals surface area contributed by atoms with Gasteiger partial charge >= 0.3 is 0 Å². The number of carbonyl (C=O) groups excluding carboxylic acids is 1. The van der Waals surface area contributed by atoms with E-state index in [9.17, 15) is 4.79 Å². The molecule has 21 heavy (non-hydrogen) atoms. The summed E-state index contributed by atoms with van der Waals surface area (Å²) in [6.07, 6.45) is 3.53. The van der Waals surface area contributed by atoms with Crippen LogP contribution in [-0.2, 0) is 0 Å². The molecule has 2 N–H and O–H groups in total. The number of hydrogen-bond acceptors (Lipinski definition) is 3. The van der Waals surface area contributed by atoms with Crippen LogP contribution >= 0.6 is 11.6 Å². The predicted molar refractivity (Wildman–Crippen MR) is 82.9 cm³/mol. The molecule has 1 aromatic heterocycles. The molecule has 104 valence electrons. The van der Waals surface area contributed by atoms with Gasteiger partial charge in [-0.15, -0.1) is 0 Å². The zero-order valence-electron chi connectivity index (χ0n) is 10.9. The van der Waals surface area contributed by atoms with Crippen molar-refractivity contribution >= 4 is 40.8 Å². The topological polar surface area (TPSA) is 69.1 Å². The molecule has 0 aliphatic rings. The monoisotopic (exact) mass is 298 g/mol. The normalized spacial score (nSPS) is 11.3. The smallest absolute Gasteiger partial charge is 0.248 e. The Balaban J connectivity index is 1.90. The molecule has 2 aromatic carbocycles. The maximum absolute atomic E-state index is 11.1. The first-order chi connectivity index (χ1) is 10.1. The molecule has 3 rings (SSSR count).